The van der Waals surface area contributed by atoms with Crippen molar-refractivity contribution in [3.05, 3.63) is 23.1 Å². The molecule has 0 radical (unpaired) electrons. The van der Waals surface area contributed by atoms with Crippen molar-refractivity contribution < 1.29 is 14.3 Å². The number of hydrogen-bond donors (Lipinski definition) is 2. The molecule has 6 heteroatoms. The Balaban J connectivity index is 2.81. The van der Waals surface area contributed by atoms with Crippen LogP contribution in [0.25, 0.3) is 0 Å². The van der Waals surface area contributed by atoms with Gasteiger partial charge in [0.15, 0.2) is 11.6 Å². The fraction of sp³-hybridized carbons (Fsp3) is 0.400. The van der Waals surface area contributed by atoms with Crippen LogP contribution >= 0.6 is 11.6 Å². The molecular formula is C10H12ClFN2O2. The third kappa shape index (κ3) is 3.34. The van der Waals surface area contributed by atoms with Gasteiger partial charge in [0.25, 0.3) is 0 Å². The second kappa shape index (κ2) is 5.65. The fourth-order valence-corrected chi connectivity index (χ4v) is 1.38. The van der Waals surface area contributed by atoms with Gasteiger partial charge in [0.05, 0.1) is 5.02 Å². The van der Waals surface area contributed by atoms with Gasteiger partial charge in [0.2, 0.25) is 0 Å². The van der Waals surface area contributed by atoms with Crippen LogP contribution in [0.15, 0.2) is 12.3 Å². The van der Waals surface area contributed by atoms with Crippen molar-refractivity contribution >= 4 is 23.4 Å². The lowest BCUT2D eigenvalue weighted by Gasteiger charge is -2.14. The molecule has 1 heterocycles. The first kappa shape index (κ1) is 12.7. The van der Waals surface area contributed by atoms with Crippen LogP contribution < -0.4 is 5.32 Å². The molecule has 0 aromatic carbocycles. The third-order valence-corrected chi connectivity index (χ3v) is 2.20. The van der Waals surface area contributed by atoms with E-state index >= 15 is 0 Å². The Kier molecular flexibility index (Phi) is 4.49. The first-order chi connectivity index (χ1) is 7.54. The molecule has 0 aliphatic heterocycles. The smallest absolute Gasteiger partial charge is 0.326 e. The van der Waals surface area contributed by atoms with E-state index in [4.69, 9.17) is 16.7 Å². The molecule has 1 aromatic rings. The zero-order chi connectivity index (χ0) is 12.1. The molecule has 0 aliphatic carbocycles. The van der Waals surface area contributed by atoms with Crippen LogP contribution in [0.3, 0.4) is 0 Å². The van der Waals surface area contributed by atoms with Crippen LogP contribution in [-0.2, 0) is 4.79 Å². The predicted molar refractivity (Wildman–Crippen MR) is 59.2 cm³/mol. The molecule has 0 spiro atoms. The highest BCUT2D eigenvalue weighted by atomic mass is 35.5. The molecule has 1 aromatic heterocycles. The third-order valence-electron chi connectivity index (χ3n) is 1.99. The molecule has 0 fully saturated rings. The number of carboxylic acid groups (broad SMARTS) is 1. The molecule has 88 valence electrons. The molecule has 2 N–H and O–H groups in total. The monoisotopic (exact) mass is 246 g/mol. The fourth-order valence-electron chi connectivity index (χ4n) is 1.23. The molecule has 1 unspecified atom stereocenters. The second-order valence-electron chi connectivity index (χ2n) is 3.31. The van der Waals surface area contributed by atoms with Crippen molar-refractivity contribution in [2.45, 2.75) is 25.8 Å². The highest BCUT2D eigenvalue weighted by Gasteiger charge is 2.18. The Morgan fingerprint density at radius 3 is 2.94 bits per heavy atom. The summed E-state index contributed by atoms with van der Waals surface area (Å²) in [5, 5.41) is 11.6. The molecule has 1 atom stereocenters. The Bertz CT molecular complexity index is 387. The van der Waals surface area contributed by atoms with Gasteiger partial charge >= 0.3 is 5.97 Å². The van der Waals surface area contributed by atoms with Gasteiger partial charge in [-0.3, -0.25) is 0 Å². The van der Waals surface area contributed by atoms with Crippen LogP contribution in [0.4, 0.5) is 10.2 Å². The van der Waals surface area contributed by atoms with Crippen LogP contribution in [-0.4, -0.2) is 22.1 Å². The SMILES string of the molecule is CCCC(Nc1ncc(Cl)cc1F)C(=O)O. The van der Waals surface area contributed by atoms with E-state index in [0.29, 0.717) is 12.8 Å². The maximum absolute atomic E-state index is 13.3. The van der Waals surface area contributed by atoms with Crippen LogP contribution in [0.2, 0.25) is 5.02 Å². The average molecular weight is 247 g/mol. The lowest BCUT2D eigenvalue weighted by molar-refractivity contribution is -0.138. The largest absolute Gasteiger partial charge is 0.480 e. The van der Waals surface area contributed by atoms with Crippen molar-refractivity contribution in [3.8, 4) is 0 Å². The number of aliphatic carboxylic acids is 1. The van der Waals surface area contributed by atoms with Crippen LogP contribution in [0.1, 0.15) is 19.8 Å². The van der Waals surface area contributed by atoms with E-state index < -0.39 is 17.8 Å². The predicted octanol–water partition coefficient (Wildman–Crippen LogP) is 2.54. The molecule has 4 nitrogen and oxygen atoms in total. The molecular weight excluding hydrogens is 235 g/mol. The number of anilines is 1. The van der Waals surface area contributed by atoms with Gasteiger partial charge in [-0.25, -0.2) is 14.2 Å². The first-order valence-electron chi connectivity index (χ1n) is 4.85. The minimum absolute atomic E-state index is 0.0924. The summed E-state index contributed by atoms with van der Waals surface area (Å²) in [6.45, 7) is 1.85. The summed E-state index contributed by atoms with van der Waals surface area (Å²) < 4.78 is 13.3. The summed E-state index contributed by atoms with van der Waals surface area (Å²) in [5.74, 6) is -1.78. The standard InChI is InChI=1S/C10H12ClFN2O2/c1-2-3-8(10(15)16)14-9-7(12)4-6(11)5-13-9/h4-5,8H,2-3H2,1H3,(H,13,14)(H,15,16). The van der Waals surface area contributed by atoms with E-state index in [0.717, 1.165) is 6.07 Å². The minimum Gasteiger partial charge on any atom is -0.480 e. The second-order valence-corrected chi connectivity index (χ2v) is 3.74. The van der Waals surface area contributed by atoms with E-state index in [1.54, 1.807) is 0 Å². The van der Waals surface area contributed by atoms with E-state index in [2.05, 4.69) is 10.3 Å². The lowest BCUT2D eigenvalue weighted by atomic mass is 10.1. The van der Waals surface area contributed by atoms with Gasteiger partial charge in [-0.05, 0) is 12.5 Å². The number of rotatable bonds is 5. The number of nitrogens with one attached hydrogen (secondary N) is 1. The van der Waals surface area contributed by atoms with Crippen LogP contribution in [0, 0.1) is 5.82 Å². The van der Waals surface area contributed by atoms with Crippen molar-refractivity contribution in [2.75, 3.05) is 5.32 Å². The number of nitrogens with zero attached hydrogens (tertiary/aromatic N) is 1. The average Bonchev–Trinajstić information content (AvgIpc) is 2.20. The molecule has 0 aliphatic rings. The molecule has 0 bridgehead atoms. The number of halogens is 2. The highest BCUT2D eigenvalue weighted by molar-refractivity contribution is 6.30. The molecule has 0 saturated carbocycles. The zero-order valence-electron chi connectivity index (χ0n) is 8.70. The Morgan fingerprint density at radius 2 is 2.44 bits per heavy atom. The quantitative estimate of drug-likeness (QED) is 0.838. The Hall–Kier alpha value is -1.36. The van der Waals surface area contributed by atoms with Crippen molar-refractivity contribution in [1.29, 1.82) is 0 Å². The lowest BCUT2D eigenvalue weighted by Crippen LogP contribution is -2.29. The number of aromatic nitrogens is 1. The maximum Gasteiger partial charge on any atom is 0.326 e. The van der Waals surface area contributed by atoms with E-state index in [1.165, 1.54) is 6.20 Å². The zero-order valence-corrected chi connectivity index (χ0v) is 9.46. The summed E-state index contributed by atoms with van der Waals surface area (Å²) in [4.78, 5) is 14.5. The van der Waals surface area contributed by atoms with E-state index in [-0.39, 0.29) is 10.8 Å². The van der Waals surface area contributed by atoms with Gasteiger partial charge in [-0.2, -0.15) is 0 Å². The minimum atomic E-state index is -1.03. The van der Waals surface area contributed by atoms with Gasteiger partial charge in [-0.15, -0.1) is 0 Å². The maximum atomic E-state index is 13.3. The van der Waals surface area contributed by atoms with Crippen molar-refractivity contribution in [2.24, 2.45) is 0 Å². The normalized spacial score (nSPS) is 12.2. The summed E-state index contributed by atoms with van der Waals surface area (Å²) in [7, 11) is 0. The number of carboxylic acids is 1. The van der Waals surface area contributed by atoms with Gasteiger partial charge < -0.3 is 10.4 Å². The van der Waals surface area contributed by atoms with Gasteiger partial charge in [-0.1, -0.05) is 24.9 Å². The summed E-state index contributed by atoms with van der Waals surface area (Å²) >= 11 is 5.53. The number of hydrogen-bond acceptors (Lipinski definition) is 3. The van der Waals surface area contributed by atoms with Crippen molar-refractivity contribution in [3.63, 3.8) is 0 Å². The van der Waals surface area contributed by atoms with Gasteiger partial charge in [0, 0.05) is 6.20 Å². The van der Waals surface area contributed by atoms with Crippen molar-refractivity contribution in [1.82, 2.24) is 4.98 Å². The Morgan fingerprint density at radius 1 is 1.75 bits per heavy atom. The summed E-state index contributed by atoms with van der Waals surface area (Å²) in [6, 6.07) is 0.245. The molecule has 1 rings (SSSR count). The molecule has 0 saturated heterocycles. The van der Waals surface area contributed by atoms with Gasteiger partial charge in [0.1, 0.15) is 6.04 Å². The number of pyridine rings is 1. The summed E-state index contributed by atoms with van der Waals surface area (Å²) in [5.41, 5.74) is 0. The first-order valence-corrected chi connectivity index (χ1v) is 5.22. The van der Waals surface area contributed by atoms with E-state index in [1.807, 2.05) is 6.92 Å². The highest BCUT2D eigenvalue weighted by Crippen LogP contribution is 2.17. The van der Waals surface area contributed by atoms with Crippen LogP contribution in [0.5, 0.6) is 0 Å². The molecule has 0 amide bonds. The van der Waals surface area contributed by atoms with E-state index in [9.17, 15) is 9.18 Å². The number of carbonyl (C=O) groups is 1. The topological polar surface area (TPSA) is 62.2 Å². The Labute approximate surface area is 97.5 Å². The molecule has 16 heavy (non-hydrogen) atoms. The summed E-state index contributed by atoms with van der Waals surface area (Å²) in [6.07, 6.45) is 2.34.